The van der Waals surface area contributed by atoms with Gasteiger partial charge < -0.3 is 5.11 Å². The Labute approximate surface area is 97.4 Å². The number of halogens is 2. The fourth-order valence-corrected chi connectivity index (χ4v) is 3.04. The Bertz CT molecular complexity index is 338. The van der Waals surface area contributed by atoms with Gasteiger partial charge in [0.25, 0.3) is 0 Å². The second kappa shape index (κ2) is 4.22. The minimum atomic E-state index is -0.970. The molecule has 0 amide bonds. The smallest absolute Gasteiger partial charge is 0.130 e. The second-order valence-corrected chi connectivity index (χ2v) is 5.04. The maximum atomic E-state index is 13.7. The third kappa shape index (κ3) is 2.08. The molecule has 3 heteroatoms. The third-order valence-corrected chi connectivity index (χ3v) is 3.77. The lowest BCUT2D eigenvalue weighted by Gasteiger charge is -2.33. The maximum Gasteiger partial charge on any atom is 0.130 e. The molecule has 1 saturated carbocycles. The molecule has 1 nitrogen and oxygen atoms in total. The van der Waals surface area contributed by atoms with E-state index in [4.69, 9.17) is 0 Å². The highest BCUT2D eigenvalue weighted by Gasteiger charge is 2.35. The van der Waals surface area contributed by atoms with Crippen LogP contribution in [0.2, 0.25) is 0 Å². The number of hydrogen-bond donors (Lipinski definition) is 1. The summed E-state index contributed by atoms with van der Waals surface area (Å²) in [6.45, 7) is 0. The van der Waals surface area contributed by atoms with E-state index in [1.807, 2.05) is 0 Å². The lowest BCUT2D eigenvalue weighted by Crippen LogP contribution is -2.30. The SMILES string of the molecule is OC1(c2c(F)cccc2Br)CCCCC1. The van der Waals surface area contributed by atoms with E-state index in [1.165, 1.54) is 6.07 Å². The van der Waals surface area contributed by atoms with Crippen molar-refractivity contribution < 1.29 is 9.50 Å². The van der Waals surface area contributed by atoms with Gasteiger partial charge in [0.2, 0.25) is 0 Å². The zero-order valence-electron chi connectivity index (χ0n) is 8.47. The zero-order chi connectivity index (χ0) is 10.9. The van der Waals surface area contributed by atoms with Gasteiger partial charge >= 0.3 is 0 Å². The predicted octanol–water partition coefficient (Wildman–Crippen LogP) is 3.74. The molecule has 0 radical (unpaired) electrons. The van der Waals surface area contributed by atoms with E-state index in [0.29, 0.717) is 22.9 Å². The molecule has 0 saturated heterocycles. The van der Waals surface area contributed by atoms with Crippen LogP contribution in [0.3, 0.4) is 0 Å². The van der Waals surface area contributed by atoms with Crippen molar-refractivity contribution in [1.29, 1.82) is 0 Å². The normalized spacial score (nSPS) is 20.2. The molecular weight excluding hydrogens is 259 g/mol. The van der Waals surface area contributed by atoms with Crippen molar-refractivity contribution in [3.63, 3.8) is 0 Å². The van der Waals surface area contributed by atoms with Crippen molar-refractivity contribution in [3.05, 3.63) is 34.1 Å². The number of rotatable bonds is 1. The Kier molecular flexibility index (Phi) is 3.12. The number of hydrogen-bond acceptors (Lipinski definition) is 1. The molecule has 0 spiro atoms. The lowest BCUT2D eigenvalue weighted by molar-refractivity contribution is -0.00442. The Morgan fingerprint density at radius 2 is 1.87 bits per heavy atom. The van der Waals surface area contributed by atoms with Crippen molar-refractivity contribution in [3.8, 4) is 0 Å². The van der Waals surface area contributed by atoms with Crippen LogP contribution in [0.5, 0.6) is 0 Å². The topological polar surface area (TPSA) is 20.2 Å². The van der Waals surface area contributed by atoms with Crippen LogP contribution in [-0.4, -0.2) is 5.11 Å². The summed E-state index contributed by atoms with van der Waals surface area (Å²) in [5, 5.41) is 10.4. The summed E-state index contributed by atoms with van der Waals surface area (Å²) < 4.78 is 14.4. The molecular formula is C12H14BrFO. The van der Waals surface area contributed by atoms with E-state index in [9.17, 15) is 9.50 Å². The molecule has 1 fully saturated rings. The molecule has 1 aromatic rings. The van der Waals surface area contributed by atoms with Crippen LogP contribution in [0.15, 0.2) is 22.7 Å². The third-order valence-electron chi connectivity index (χ3n) is 3.11. The van der Waals surface area contributed by atoms with E-state index in [-0.39, 0.29) is 5.82 Å². The van der Waals surface area contributed by atoms with Crippen LogP contribution in [-0.2, 0) is 5.60 Å². The molecule has 0 atom stereocenters. The Morgan fingerprint density at radius 3 is 2.47 bits per heavy atom. The van der Waals surface area contributed by atoms with Gasteiger partial charge in [-0.3, -0.25) is 0 Å². The first-order valence-electron chi connectivity index (χ1n) is 5.30. The van der Waals surface area contributed by atoms with Crippen molar-refractivity contribution in [2.75, 3.05) is 0 Å². The Hall–Kier alpha value is -0.410. The molecule has 0 bridgehead atoms. The molecule has 1 aliphatic carbocycles. The summed E-state index contributed by atoms with van der Waals surface area (Å²) in [7, 11) is 0. The minimum absolute atomic E-state index is 0.311. The summed E-state index contributed by atoms with van der Waals surface area (Å²) in [5.41, 5.74) is -0.535. The minimum Gasteiger partial charge on any atom is -0.385 e. The summed E-state index contributed by atoms with van der Waals surface area (Å²) in [6.07, 6.45) is 4.39. The highest BCUT2D eigenvalue weighted by atomic mass is 79.9. The van der Waals surface area contributed by atoms with Crippen LogP contribution < -0.4 is 0 Å². The molecule has 0 aliphatic heterocycles. The Morgan fingerprint density at radius 1 is 1.20 bits per heavy atom. The summed E-state index contributed by atoms with van der Waals surface area (Å²) >= 11 is 3.32. The summed E-state index contributed by atoms with van der Waals surface area (Å²) in [5.74, 6) is -0.311. The van der Waals surface area contributed by atoms with E-state index in [2.05, 4.69) is 15.9 Å². The van der Waals surface area contributed by atoms with Gasteiger partial charge in [-0.15, -0.1) is 0 Å². The van der Waals surface area contributed by atoms with E-state index in [1.54, 1.807) is 12.1 Å². The lowest BCUT2D eigenvalue weighted by atomic mass is 9.79. The molecule has 1 aromatic carbocycles. The molecule has 0 aromatic heterocycles. The number of benzene rings is 1. The van der Waals surface area contributed by atoms with E-state index in [0.717, 1.165) is 19.3 Å². The first-order valence-corrected chi connectivity index (χ1v) is 6.10. The summed E-state index contributed by atoms with van der Waals surface area (Å²) in [4.78, 5) is 0. The largest absolute Gasteiger partial charge is 0.385 e. The zero-order valence-corrected chi connectivity index (χ0v) is 10.1. The average molecular weight is 273 g/mol. The highest BCUT2D eigenvalue weighted by Crippen LogP contribution is 2.41. The maximum absolute atomic E-state index is 13.7. The Balaban J connectivity index is 2.42. The first kappa shape index (κ1) is 11.1. The van der Waals surface area contributed by atoms with Gasteiger partial charge in [-0.1, -0.05) is 41.3 Å². The molecule has 0 unspecified atom stereocenters. The van der Waals surface area contributed by atoms with Gasteiger partial charge in [-0.05, 0) is 25.0 Å². The van der Waals surface area contributed by atoms with Crippen molar-refractivity contribution >= 4 is 15.9 Å². The van der Waals surface area contributed by atoms with Crippen molar-refractivity contribution in [2.24, 2.45) is 0 Å². The van der Waals surface area contributed by atoms with Crippen LogP contribution in [0.1, 0.15) is 37.7 Å². The molecule has 15 heavy (non-hydrogen) atoms. The van der Waals surface area contributed by atoms with Crippen molar-refractivity contribution in [1.82, 2.24) is 0 Å². The van der Waals surface area contributed by atoms with Crippen molar-refractivity contribution in [2.45, 2.75) is 37.7 Å². The molecule has 0 heterocycles. The standard InChI is InChI=1S/C12H14BrFO/c13-9-5-4-6-10(14)11(9)12(15)7-2-1-3-8-12/h4-6,15H,1-3,7-8H2. The molecule has 1 aliphatic rings. The molecule has 1 N–H and O–H groups in total. The number of aliphatic hydroxyl groups is 1. The molecule has 82 valence electrons. The predicted molar refractivity (Wildman–Crippen MR) is 61.1 cm³/mol. The van der Waals surface area contributed by atoms with Gasteiger partial charge in [-0.2, -0.15) is 0 Å². The van der Waals surface area contributed by atoms with Gasteiger partial charge in [0.15, 0.2) is 0 Å². The quantitative estimate of drug-likeness (QED) is 0.826. The fourth-order valence-electron chi connectivity index (χ4n) is 2.33. The van der Waals surface area contributed by atoms with Gasteiger partial charge in [0.1, 0.15) is 5.82 Å². The summed E-state index contributed by atoms with van der Waals surface area (Å²) in [6, 6.07) is 4.84. The first-order chi connectivity index (χ1) is 7.13. The van der Waals surface area contributed by atoms with Crippen LogP contribution in [0, 0.1) is 5.82 Å². The van der Waals surface area contributed by atoms with Crippen LogP contribution in [0.25, 0.3) is 0 Å². The van der Waals surface area contributed by atoms with Gasteiger partial charge in [-0.25, -0.2) is 4.39 Å². The monoisotopic (exact) mass is 272 g/mol. The van der Waals surface area contributed by atoms with Gasteiger partial charge in [0.05, 0.1) is 5.60 Å². The average Bonchev–Trinajstić information content (AvgIpc) is 2.18. The second-order valence-electron chi connectivity index (χ2n) is 4.19. The van der Waals surface area contributed by atoms with E-state index < -0.39 is 5.60 Å². The highest BCUT2D eigenvalue weighted by molar-refractivity contribution is 9.10. The van der Waals surface area contributed by atoms with Crippen LogP contribution in [0.4, 0.5) is 4.39 Å². The van der Waals surface area contributed by atoms with Gasteiger partial charge in [0, 0.05) is 10.0 Å². The fraction of sp³-hybridized carbons (Fsp3) is 0.500. The molecule has 2 rings (SSSR count). The van der Waals surface area contributed by atoms with Crippen LogP contribution >= 0.6 is 15.9 Å². The van der Waals surface area contributed by atoms with E-state index >= 15 is 0 Å².